The van der Waals surface area contributed by atoms with Crippen molar-refractivity contribution in [2.75, 3.05) is 25.5 Å². The standard InChI is InChI=1S/C24H21FN4O2S/c25-19-10-18(26)3-2-16(19)9-17-5-6-27-21-11-22(32-24(17)21)20-4-1-15(12-28-20)13-29-7-8-31-14-23(29)30/h1-6,10-12H,7-9,13-14,26H2. The summed E-state index contributed by atoms with van der Waals surface area (Å²) in [5, 5.41) is 0. The first-order valence-electron chi connectivity index (χ1n) is 10.3. The van der Waals surface area contributed by atoms with E-state index in [1.54, 1.807) is 40.8 Å². The van der Waals surface area contributed by atoms with Crippen LogP contribution in [-0.4, -0.2) is 40.5 Å². The molecule has 0 bridgehead atoms. The number of fused-ring (bicyclic) bond motifs is 1. The molecule has 1 amide bonds. The molecule has 1 aliphatic heterocycles. The van der Waals surface area contributed by atoms with Crippen LogP contribution in [0.1, 0.15) is 16.7 Å². The third-order valence-corrected chi connectivity index (χ3v) is 6.71. The van der Waals surface area contributed by atoms with Crippen molar-refractivity contribution < 1.29 is 13.9 Å². The summed E-state index contributed by atoms with van der Waals surface area (Å²) in [5.74, 6) is -0.302. The third kappa shape index (κ3) is 4.19. The van der Waals surface area contributed by atoms with Gasteiger partial charge in [-0.1, -0.05) is 12.1 Å². The van der Waals surface area contributed by atoms with Crippen molar-refractivity contribution in [3.05, 3.63) is 77.4 Å². The first kappa shape index (κ1) is 20.5. The Bertz CT molecular complexity index is 1290. The molecule has 3 aromatic heterocycles. The number of anilines is 1. The topological polar surface area (TPSA) is 81.3 Å². The van der Waals surface area contributed by atoms with Gasteiger partial charge in [-0.05, 0) is 47.0 Å². The predicted molar refractivity (Wildman–Crippen MR) is 123 cm³/mol. The highest BCUT2D eigenvalue weighted by atomic mass is 32.1. The highest BCUT2D eigenvalue weighted by Gasteiger charge is 2.19. The second-order valence-corrected chi connectivity index (χ2v) is 8.79. The van der Waals surface area contributed by atoms with Crippen LogP contribution in [0.3, 0.4) is 0 Å². The van der Waals surface area contributed by atoms with Crippen LogP contribution < -0.4 is 5.73 Å². The van der Waals surface area contributed by atoms with Gasteiger partial charge in [0.25, 0.3) is 0 Å². The van der Waals surface area contributed by atoms with Gasteiger partial charge in [0.1, 0.15) is 12.4 Å². The van der Waals surface area contributed by atoms with Gasteiger partial charge in [-0.25, -0.2) is 4.39 Å². The molecule has 1 aliphatic rings. The van der Waals surface area contributed by atoms with E-state index in [4.69, 9.17) is 10.5 Å². The molecule has 6 nitrogen and oxygen atoms in total. The molecule has 2 N–H and O–H groups in total. The maximum atomic E-state index is 14.3. The number of ether oxygens (including phenoxy) is 1. The van der Waals surface area contributed by atoms with E-state index in [-0.39, 0.29) is 18.3 Å². The number of rotatable bonds is 5. The van der Waals surface area contributed by atoms with Crippen LogP contribution in [0.2, 0.25) is 0 Å². The van der Waals surface area contributed by atoms with Gasteiger partial charge in [-0.2, -0.15) is 0 Å². The number of carbonyl (C=O) groups is 1. The number of thiophene rings is 1. The van der Waals surface area contributed by atoms with Gasteiger partial charge in [0.05, 0.1) is 27.4 Å². The molecule has 4 heterocycles. The molecule has 4 aromatic rings. The fraction of sp³-hybridized carbons (Fsp3) is 0.208. The molecule has 1 fully saturated rings. The molecule has 1 aromatic carbocycles. The number of nitrogen functional groups attached to an aromatic ring is 1. The van der Waals surface area contributed by atoms with Crippen molar-refractivity contribution in [3.8, 4) is 10.6 Å². The smallest absolute Gasteiger partial charge is 0.248 e. The molecule has 0 aliphatic carbocycles. The molecule has 0 atom stereocenters. The Kier molecular flexibility index (Phi) is 5.55. The lowest BCUT2D eigenvalue weighted by Gasteiger charge is -2.26. The maximum Gasteiger partial charge on any atom is 0.248 e. The van der Waals surface area contributed by atoms with Gasteiger partial charge in [0.2, 0.25) is 5.91 Å². The SMILES string of the molecule is Nc1ccc(Cc2ccnc3cc(-c4ccc(CN5CCOCC5=O)cn4)sc23)c(F)c1. The summed E-state index contributed by atoms with van der Waals surface area (Å²) in [6, 6.07) is 12.7. The average molecular weight is 449 g/mol. The number of halogens is 1. The molecule has 0 saturated carbocycles. The Morgan fingerprint density at radius 1 is 1.12 bits per heavy atom. The Hall–Kier alpha value is -3.36. The number of benzene rings is 1. The molecule has 0 unspecified atom stereocenters. The quantitative estimate of drug-likeness (QED) is 0.466. The number of hydrogen-bond donors (Lipinski definition) is 1. The molecular formula is C24H21FN4O2S. The third-order valence-electron chi connectivity index (χ3n) is 5.49. The molecule has 32 heavy (non-hydrogen) atoms. The van der Waals surface area contributed by atoms with Crippen molar-refractivity contribution in [1.29, 1.82) is 0 Å². The van der Waals surface area contributed by atoms with Gasteiger partial charge < -0.3 is 15.4 Å². The van der Waals surface area contributed by atoms with Crippen LogP contribution in [0.15, 0.2) is 54.9 Å². The summed E-state index contributed by atoms with van der Waals surface area (Å²) in [6.07, 6.45) is 4.02. The molecule has 1 saturated heterocycles. The van der Waals surface area contributed by atoms with Crippen molar-refractivity contribution in [3.63, 3.8) is 0 Å². The average Bonchev–Trinajstić information content (AvgIpc) is 3.23. The molecule has 0 radical (unpaired) electrons. The van der Waals surface area contributed by atoms with Crippen LogP contribution in [0, 0.1) is 5.82 Å². The lowest BCUT2D eigenvalue weighted by atomic mass is 10.0. The highest BCUT2D eigenvalue weighted by molar-refractivity contribution is 7.22. The zero-order valence-corrected chi connectivity index (χ0v) is 18.1. The van der Waals surface area contributed by atoms with Crippen molar-refractivity contribution in [1.82, 2.24) is 14.9 Å². The van der Waals surface area contributed by atoms with E-state index in [2.05, 4.69) is 9.97 Å². The summed E-state index contributed by atoms with van der Waals surface area (Å²) in [7, 11) is 0. The number of aromatic nitrogens is 2. The van der Waals surface area contributed by atoms with Gasteiger partial charge in [0.15, 0.2) is 0 Å². The minimum absolute atomic E-state index is 0.000904. The van der Waals surface area contributed by atoms with E-state index in [9.17, 15) is 9.18 Å². The minimum atomic E-state index is -0.303. The lowest BCUT2D eigenvalue weighted by molar-refractivity contribution is -0.143. The summed E-state index contributed by atoms with van der Waals surface area (Å²) < 4.78 is 20.5. The molecule has 0 spiro atoms. The molecule has 8 heteroatoms. The van der Waals surface area contributed by atoms with E-state index in [1.807, 2.05) is 24.3 Å². The largest absolute Gasteiger partial charge is 0.399 e. The Balaban J connectivity index is 1.39. The van der Waals surface area contributed by atoms with Gasteiger partial charge in [-0.3, -0.25) is 14.8 Å². The number of hydrogen-bond acceptors (Lipinski definition) is 6. The van der Waals surface area contributed by atoms with Crippen LogP contribution >= 0.6 is 11.3 Å². The fourth-order valence-corrected chi connectivity index (χ4v) is 4.87. The summed E-state index contributed by atoms with van der Waals surface area (Å²) in [6.45, 7) is 1.83. The van der Waals surface area contributed by atoms with E-state index >= 15 is 0 Å². The number of nitrogens with zero attached hydrogens (tertiary/aromatic N) is 3. The number of amides is 1. The van der Waals surface area contributed by atoms with E-state index in [0.717, 1.165) is 31.9 Å². The van der Waals surface area contributed by atoms with E-state index in [0.29, 0.717) is 37.4 Å². The Morgan fingerprint density at radius 3 is 2.81 bits per heavy atom. The van der Waals surface area contributed by atoms with E-state index in [1.165, 1.54) is 6.07 Å². The lowest BCUT2D eigenvalue weighted by Crippen LogP contribution is -2.40. The van der Waals surface area contributed by atoms with E-state index < -0.39 is 0 Å². The van der Waals surface area contributed by atoms with Gasteiger partial charge in [0, 0.05) is 37.6 Å². The van der Waals surface area contributed by atoms with Crippen LogP contribution in [0.25, 0.3) is 20.8 Å². The van der Waals surface area contributed by atoms with Crippen LogP contribution in [0.4, 0.5) is 10.1 Å². The second-order valence-electron chi connectivity index (χ2n) is 7.74. The summed E-state index contributed by atoms with van der Waals surface area (Å²) in [5.41, 5.74) is 10.4. The maximum absolute atomic E-state index is 14.3. The predicted octanol–water partition coefficient (Wildman–Crippen LogP) is 4.03. The zero-order valence-electron chi connectivity index (χ0n) is 17.3. The molecular weight excluding hydrogens is 427 g/mol. The number of pyridine rings is 2. The number of morpholine rings is 1. The van der Waals surface area contributed by atoms with Crippen LogP contribution in [-0.2, 0) is 22.5 Å². The summed E-state index contributed by atoms with van der Waals surface area (Å²) in [4.78, 5) is 23.8. The second kappa shape index (κ2) is 8.64. The van der Waals surface area contributed by atoms with Gasteiger partial charge >= 0.3 is 0 Å². The van der Waals surface area contributed by atoms with Crippen molar-refractivity contribution in [2.24, 2.45) is 0 Å². The minimum Gasteiger partial charge on any atom is -0.399 e. The van der Waals surface area contributed by atoms with Crippen molar-refractivity contribution >= 4 is 33.1 Å². The molecule has 162 valence electrons. The monoisotopic (exact) mass is 448 g/mol. The fourth-order valence-electron chi connectivity index (χ4n) is 3.77. The van der Waals surface area contributed by atoms with Gasteiger partial charge in [-0.15, -0.1) is 11.3 Å². The first-order valence-corrected chi connectivity index (χ1v) is 11.1. The Morgan fingerprint density at radius 2 is 2.03 bits per heavy atom. The van der Waals surface area contributed by atoms with Crippen LogP contribution in [0.5, 0.6) is 0 Å². The number of nitrogens with two attached hydrogens (primary N) is 1. The Labute approximate surface area is 188 Å². The molecule has 5 rings (SSSR count). The highest BCUT2D eigenvalue weighted by Crippen LogP contribution is 2.34. The zero-order chi connectivity index (χ0) is 22.1. The number of carbonyl (C=O) groups excluding carboxylic acids is 1. The first-order chi connectivity index (χ1) is 15.6. The van der Waals surface area contributed by atoms with Crippen molar-refractivity contribution in [2.45, 2.75) is 13.0 Å². The normalized spacial score (nSPS) is 14.3. The summed E-state index contributed by atoms with van der Waals surface area (Å²) >= 11 is 1.59.